The standard InChI is InChI=1S/C27H34N2O3/c1-8-19-20(29-11-9-10-21(30)23(29)22(19)24(31)25(28)32)14-16-12-17(26(2,3)4)15-18(13-16)27(5,6)7/h9-13,15,30H,8,14H2,1-7H3,(H2,28,32). The van der Waals surface area contributed by atoms with Crippen molar-refractivity contribution >= 4 is 17.2 Å². The number of carbonyl (C=O) groups excluding carboxylic acids is 2. The van der Waals surface area contributed by atoms with Crippen molar-refractivity contribution in [3.63, 3.8) is 0 Å². The zero-order valence-corrected chi connectivity index (χ0v) is 20.2. The van der Waals surface area contributed by atoms with Crippen molar-refractivity contribution in [3.8, 4) is 5.75 Å². The molecule has 0 aliphatic rings. The molecule has 0 aliphatic carbocycles. The number of fused-ring (bicyclic) bond motifs is 1. The Bertz CT molecular complexity index is 1170. The molecule has 5 nitrogen and oxygen atoms in total. The van der Waals surface area contributed by atoms with Crippen LogP contribution in [0.5, 0.6) is 5.75 Å². The fraction of sp³-hybridized carbons (Fsp3) is 0.407. The second-order valence-electron chi connectivity index (χ2n) is 10.6. The maximum Gasteiger partial charge on any atom is 0.289 e. The van der Waals surface area contributed by atoms with Crippen LogP contribution in [0.2, 0.25) is 0 Å². The topological polar surface area (TPSA) is 84.8 Å². The highest BCUT2D eigenvalue weighted by molar-refractivity contribution is 6.44. The fourth-order valence-corrected chi connectivity index (χ4v) is 4.20. The number of nitrogens with zero attached hydrogens (tertiary/aromatic N) is 1. The lowest BCUT2D eigenvalue weighted by molar-refractivity contribution is -0.114. The molecule has 0 fully saturated rings. The number of nitrogens with two attached hydrogens (primary N) is 1. The van der Waals surface area contributed by atoms with Crippen LogP contribution in [-0.4, -0.2) is 21.2 Å². The van der Waals surface area contributed by atoms with Gasteiger partial charge in [-0.1, -0.05) is 66.7 Å². The minimum Gasteiger partial charge on any atom is -0.506 e. The van der Waals surface area contributed by atoms with E-state index in [-0.39, 0.29) is 22.1 Å². The summed E-state index contributed by atoms with van der Waals surface area (Å²) in [5, 5.41) is 10.6. The Morgan fingerprint density at radius 3 is 2.03 bits per heavy atom. The first-order valence-corrected chi connectivity index (χ1v) is 11.1. The zero-order valence-electron chi connectivity index (χ0n) is 20.2. The van der Waals surface area contributed by atoms with Crippen molar-refractivity contribution in [2.75, 3.05) is 0 Å². The molecule has 0 unspecified atom stereocenters. The molecule has 0 saturated carbocycles. The van der Waals surface area contributed by atoms with Gasteiger partial charge in [0.15, 0.2) is 0 Å². The molecule has 1 amide bonds. The van der Waals surface area contributed by atoms with E-state index in [1.807, 2.05) is 17.5 Å². The maximum atomic E-state index is 12.7. The Morgan fingerprint density at radius 2 is 1.56 bits per heavy atom. The molecule has 32 heavy (non-hydrogen) atoms. The second-order valence-corrected chi connectivity index (χ2v) is 10.6. The highest BCUT2D eigenvalue weighted by Gasteiger charge is 2.28. The van der Waals surface area contributed by atoms with Gasteiger partial charge in [0.1, 0.15) is 5.75 Å². The molecule has 0 radical (unpaired) electrons. The number of aromatic hydroxyl groups is 1. The molecule has 0 spiro atoms. The van der Waals surface area contributed by atoms with Gasteiger partial charge in [0, 0.05) is 18.3 Å². The third-order valence-electron chi connectivity index (χ3n) is 6.05. The molecule has 0 saturated heterocycles. The third-order valence-corrected chi connectivity index (χ3v) is 6.05. The number of benzene rings is 1. The summed E-state index contributed by atoms with van der Waals surface area (Å²) in [6, 6.07) is 9.96. The zero-order chi connectivity index (χ0) is 24.0. The first-order chi connectivity index (χ1) is 14.8. The second kappa shape index (κ2) is 8.12. The number of Topliss-reactive ketones (excluding diaryl/α,β-unsaturated/α-hetero) is 1. The van der Waals surface area contributed by atoms with Crippen molar-refractivity contribution in [2.24, 2.45) is 5.73 Å². The maximum absolute atomic E-state index is 12.7. The summed E-state index contributed by atoms with van der Waals surface area (Å²) in [6.07, 6.45) is 2.92. The number of primary amides is 1. The number of hydrogen-bond donors (Lipinski definition) is 2. The summed E-state index contributed by atoms with van der Waals surface area (Å²) in [4.78, 5) is 24.5. The number of aromatic nitrogens is 1. The Morgan fingerprint density at radius 1 is 1.00 bits per heavy atom. The average molecular weight is 435 g/mol. The smallest absolute Gasteiger partial charge is 0.289 e. The van der Waals surface area contributed by atoms with Gasteiger partial charge in [0.05, 0.1) is 11.1 Å². The van der Waals surface area contributed by atoms with Crippen LogP contribution in [0.25, 0.3) is 5.52 Å². The predicted octanol–water partition coefficient (Wildman–Crippen LogP) is 5.06. The molecule has 3 aromatic rings. The molecule has 5 heteroatoms. The summed E-state index contributed by atoms with van der Waals surface area (Å²) < 4.78 is 1.82. The van der Waals surface area contributed by atoms with Crippen LogP contribution >= 0.6 is 0 Å². The van der Waals surface area contributed by atoms with Crippen LogP contribution in [-0.2, 0) is 28.5 Å². The Labute approximate surface area is 190 Å². The van der Waals surface area contributed by atoms with E-state index in [0.717, 1.165) is 16.8 Å². The largest absolute Gasteiger partial charge is 0.506 e. The lowest BCUT2D eigenvalue weighted by Gasteiger charge is -2.26. The number of hydrogen-bond acceptors (Lipinski definition) is 3. The van der Waals surface area contributed by atoms with E-state index in [0.29, 0.717) is 18.4 Å². The predicted molar refractivity (Wildman–Crippen MR) is 129 cm³/mol. The molecule has 3 N–H and O–H groups in total. The van der Waals surface area contributed by atoms with Gasteiger partial charge in [-0.25, -0.2) is 0 Å². The highest BCUT2D eigenvalue weighted by atomic mass is 16.3. The molecular weight excluding hydrogens is 400 g/mol. The first kappa shape index (κ1) is 23.6. The van der Waals surface area contributed by atoms with Crippen LogP contribution in [0.3, 0.4) is 0 Å². The molecule has 170 valence electrons. The van der Waals surface area contributed by atoms with E-state index < -0.39 is 11.7 Å². The van der Waals surface area contributed by atoms with E-state index in [4.69, 9.17) is 5.73 Å². The molecule has 2 aromatic heterocycles. The Balaban J connectivity index is 2.30. The number of amides is 1. The monoisotopic (exact) mass is 434 g/mol. The minimum absolute atomic E-state index is 0.0177. The van der Waals surface area contributed by atoms with Crippen molar-refractivity contribution in [2.45, 2.75) is 72.1 Å². The summed E-state index contributed by atoms with van der Waals surface area (Å²) in [5.41, 5.74) is 11.1. The summed E-state index contributed by atoms with van der Waals surface area (Å²) >= 11 is 0. The van der Waals surface area contributed by atoms with E-state index in [1.165, 1.54) is 17.2 Å². The highest BCUT2D eigenvalue weighted by Crippen LogP contribution is 2.35. The van der Waals surface area contributed by atoms with Crippen LogP contribution in [0.15, 0.2) is 36.5 Å². The van der Waals surface area contributed by atoms with Crippen molar-refractivity contribution in [1.82, 2.24) is 4.40 Å². The third kappa shape index (κ3) is 4.29. The van der Waals surface area contributed by atoms with Crippen molar-refractivity contribution in [3.05, 3.63) is 70.0 Å². The first-order valence-electron chi connectivity index (χ1n) is 11.1. The summed E-state index contributed by atoms with van der Waals surface area (Å²) in [6.45, 7) is 15.1. The quantitative estimate of drug-likeness (QED) is 0.435. The Hall–Kier alpha value is -3.08. The Kier molecular flexibility index (Phi) is 5.98. The van der Waals surface area contributed by atoms with Gasteiger partial charge in [-0.15, -0.1) is 0 Å². The van der Waals surface area contributed by atoms with Crippen LogP contribution in [0.4, 0.5) is 0 Å². The van der Waals surface area contributed by atoms with Crippen LogP contribution < -0.4 is 5.73 Å². The van der Waals surface area contributed by atoms with E-state index in [1.54, 1.807) is 6.07 Å². The molecule has 0 atom stereocenters. The van der Waals surface area contributed by atoms with Crippen molar-refractivity contribution in [1.29, 1.82) is 0 Å². The minimum atomic E-state index is -1.02. The van der Waals surface area contributed by atoms with E-state index >= 15 is 0 Å². The van der Waals surface area contributed by atoms with Gasteiger partial charge in [-0.05, 0) is 51.6 Å². The lowest BCUT2D eigenvalue weighted by atomic mass is 9.79. The average Bonchev–Trinajstić information content (AvgIpc) is 3.00. The number of carbonyl (C=O) groups is 2. The molecule has 3 rings (SSSR count). The summed E-state index contributed by atoms with van der Waals surface area (Å²) in [5.74, 6) is -1.84. The van der Waals surface area contributed by atoms with Gasteiger partial charge in [-0.2, -0.15) is 0 Å². The fourth-order valence-electron chi connectivity index (χ4n) is 4.20. The van der Waals surface area contributed by atoms with Gasteiger partial charge in [0.25, 0.3) is 11.7 Å². The van der Waals surface area contributed by atoms with E-state index in [9.17, 15) is 14.7 Å². The van der Waals surface area contributed by atoms with Crippen LogP contribution in [0.1, 0.15) is 86.8 Å². The van der Waals surface area contributed by atoms with Crippen molar-refractivity contribution < 1.29 is 14.7 Å². The van der Waals surface area contributed by atoms with Gasteiger partial charge in [0.2, 0.25) is 0 Å². The van der Waals surface area contributed by atoms with Gasteiger partial charge in [-0.3, -0.25) is 9.59 Å². The number of pyridine rings is 1. The lowest BCUT2D eigenvalue weighted by Crippen LogP contribution is -2.24. The molecule has 1 aromatic carbocycles. The van der Waals surface area contributed by atoms with E-state index in [2.05, 4.69) is 59.7 Å². The number of rotatable bonds is 5. The molecule has 2 heterocycles. The summed E-state index contributed by atoms with van der Waals surface area (Å²) in [7, 11) is 0. The molecule has 0 bridgehead atoms. The van der Waals surface area contributed by atoms with Gasteiger partial charge < -0.3 is 15.2 Å². The normalized spacial score (nSPS) is 12.3. The molecule has 0 aliphatic heterocycles. The van der Waals surface area contributed by atoms with Crippen LogP contribution in [0, 0.1) is 0 Å². The SMILES string of the molecule is CCc1c(C(=O)C(N)=O)c2c(O)cccn2c1Cc1cc(C(C)(C)C)cc(C(C)(C)C)c1. The molecular formula is C27H34N2O3. The number of ketones is 1. The van der Waals surface area contributed by atoms with Gasteiger partial charge >= 0.3 is 0 Å².